The van der Waals surface area contributed by atoms with E-state index in [4.69, 9.17) is 11.6 Å². The van der Waals surface area contributed by atoms with Gasteiger partial charge in [0.25, 0.3) is 0 Å². The molecule has 5 rings (SSSR count). The van der Waals surface area contributed by atoms with Crippen LogP contribution in [0.5, 0.6) is 0 Å². The molecule has 0 saturated carbocycles. The molecule has 1 aliphatic carbocycles. The minimum absolute atomic E-state index is 0.119. The summed E-state index contributed by atoms with van der Waals surface area (Å²) in [5.74, 6) is 1.11. The molecule has 2 saturated heterocycles. The Morgan fingerprint density at radius 3 is 2.70 bits per heavy atom. The highest BCUT2D eigenvalue weighted by Crippen LogP contribution is 2.43. The minimum atomic E-state index is -0.519. The van der Waals surface area contributed by atoms with Gasteiger partial charge in [-0.15, -0.1) is 0 Å². The van der Waals surface area contributed by atoms with Crippen molar-refractivity contribution in [3.8, 4) is 0 Å². The zero-order valence-corrected chi connectivity index (χ0v) is 20.0. The Labute approximate surface area is 200 Å². The second-order valence-corrected chi connectivity index (χ2v) is 10.1. The second kappa shape index (κ2) is 9.20. The molecular weight excluding hydrogens is 438 g/mol. The van der Waals surface area contributed by atoms with Crippen molar-refractivity contribution in [3.63, 3.8) is 0 Å². The van der Waals surface area contributed by atoms with E-state index in [1.807, 2.05) is 29.2 Å². The van der Waals surface area contributed by atoms with Gasteiger partial charge in [-0.25, -0.2) is 9.97 Å². The van der Waals surface area contributed by atoms with Crippen LogP contribution in [0.25, 0.3) is 0 Å². The van der Waals surface area contributed by atoms with E-state index in [1.54, 1.807) is 6.33 Å². The first-order valence-electron chi connectivity index (χ1n) is 12.0. The van der Waals surface area contributed by atoms with Gasteiger partial charge in [-0.3, -0.25) is 4.79 Å². The average Bonchev–Trinajstić information content (AvgIpc) is 3.43. The average molecular weight is 470 g/mol. The fraction of sp³-hybridized carbons (Fsp3) is 0.560. The van der Waals surface area contributed by atoms with Crippen LogP contribution in [-0.4, -0.2) is 64.1 Å². The minimum Gasteiger partial charge on any atom is -0.387 e. The number of anilines is 1. The summed E-state index contributed by atoms with van der Waals surface area (Å²) in [6.07, 6.45) is 3.82. The number of nitrogens with zero attached hydrogens (tertiary/aromatic N) is 4. The molecule has 0 bridgehead atoms. The topological polar surface area (TPSA) is 81.6 Å². The number of carbonyl (C=O) groups is 1. The molecular formula is C25H32ClN5O2. The molecule has 2 aliphatic heterocycles. The summed E-state index contributed by atoms with van der Waals surface area (Å²) in [5.41, 5.74) is 2.84. The third-order valence-electron chi connectivity index (χ3n) is 7.49. The lowest BCUT2D eigenvalue weighted by Crippen LogP contribution is -2.56. The van der Waals surface area contributed by atoms with Gasteiger partial charge in [0.2, 0.25) is 5.91 Å². The van der Waals surface area contributed by atoms with E-state index < -0.39 is 6.10 Å². The van der Waals surface area contributed by atoms with Crippen LogP contribution < -0.4 is 10.2 Å². The summed E-state index contributed by atoms with van der Waals surface area (Å²) in [6, 6.07) is 7.99. The van der Waals surface area contributed by atoms with Gasteiger partial charge < -0.3 is 20.2 Å². The molecule has 0 unspecified atom stereocenters. The number of hydrogen-bond acceptors (Lipinski definition) is 6. The molecule has 2 fully saturated rings. The summed E-state index contributed by atoms with van der Waals surface area (Å²) < 4.78 is 0. The Balaban J connectivity index is 1.36. The third-order valence-corrected chi connectivity index (χ3v) is 7.74. The molecule has 7 nitrogen and oxygen atoms in total. The van der Waals surface area contributed by atoms with Crippen LogP contribution in [0.15, 0.2) is 30.6 Å². The van der Waals surface area contributed by atoms with E-state index >= 15 is 0 Å². The molecule has 2 N–H and O–H groups in total. The predicted octanol–water partition coefficient (Wildman–Crippen LogP) is 3.24. The van der Waals surface area contributed by atoms with Gasteiger partial charge in [0, 0.05) is 42.3 Å². The van der Waals surface area contributed by atoms with Gasteiger partial charge in [0.05, 0.1) is 17.7 Å². The molecule has 3 heterocycles. The SMILES string of the molecule is C[C@@H]1C[C@@H](O)c2ncnc(N3CCN(C(=O)[C@@H](c4ccc(Cl)cc4)[C@@H]4CCCN4)C[C@@H]3C)c21. The van der Waals surface area contributed by atoms with Crippen LogP contribution in [0.3, 0.4) is 0 Å². The van der Waals surface area contributed by atoms with Crippen molar-refractivity contribution < 1.29 is 9.90 Å². The smallest absolute Gasteiger partial charge is 0.231 e. The van der Waals surface area contributed by atoms with Crippen molar-refractivity contribution in [2.75, 3.05) is 31.1 Å². The zero-order chi connectivity index (χ0) is 23.1. The first-order chi connectivity index (χ1) is 15.9. The standard InChI is InChI=1S/C25H32ClN5O2/c1-15-12-20(32)23-21(15)24(29-14-28-23)31-11-10-30(13-16(31)2)25(33)22(19-4-3-9-27-19)17-5-7-18(26)8-6-17/h5-8,14-16,19-20,22,27,32H,3-4,9-13H2,1-2H3/t15-,16+,19+,20-,22+/m1/s1. The fourth-order valence-electron chi connectivity index (χ4n) is 5.81. The lowest BCUT2D eigenvalue weighted by molar-refractivity contribution is -0.134. The Hall–Kier alpha value is -2.22. The van der Waals surface area contributed by atoms with Gasteiger partial charge in [0.1, 0.15) is 12.1 Å². The number of rotatable bonds is 4. The molecule has 2 aromatic rings. The van der Waals surface area contributed by atoms with Crippen molar-refractivity contribution in [1.82, 2.24) is 20.2 Å². The predicted molar refractivity (Wildman–Crippen MR) is 129 cm³/mol. The monoisotopic (exact) mass is 469 g/mol. The summed E-state index contributed by atoms with van der Waals surface area (Å²) in [5, 5.41) is 14.6. The van der Waals surface area contributed by atoms with Crippen molar-refractivity contribution in [2.45, 2.75) is 63.1 Å². The highest BCUT2D eigenvalue weighted by molar-refractivity contribution is 6.30. The van der Waals surface area contributed by atoms with E-state index in [0.29, 0.717) is 31.1 Å². The number of halogens is 1. The van der Waals surface area contributed by atoms with E-state index in [9.17, 15) is 9.90 Å². The van der Waals surface area contributed by atoms with Crippen molar-refractivity contribution in [1.29, 1.82) is 0 Å². The van der Waals surface area contributed by atoms with Gasteiger partial charge in [-0.2, -0.15) is 0 Å². The Morgan fingerprint density at radius 2 is 2.00 bits per heavy atom. The summed E-state index contributed by atoms with van der Waals surface area (Å²) in [4.78, 5) is 27.1. The Bertz CT molecular complexity index is 1010. The molecule has 8 heteroatoms. The number of piperazine rings is 1. The van der Waals surface area contributed by atoms with Gasteiger partial charge in [0.15, 0.2) is 0 Å². The molecule has 3 aliphatic rings. The van der Waals surface area contributed by atoms with Crippen molar-refractivity contribution in [3.05, 3.63) is 52.4 Å². The number of aliphatic hydroxyl groups is 1. The first kappa shape index (κ1) is 22.6. The van der Waals surface area contributed by atoms with Gasteiger partial charge >= 0.3 is 0 Å². The van der Waals surface area contributed by atoms with Crippen LogP contribution in [0, 0.1) is 0 Å². The number of nitrogens with one attached hydrogen (secondary N) is 1. The first-order valence-corrected chi connectivity index (χ1v) is 12.4. The van der Waals surface area contributed by atoms with E-state index in [1.165, 1.54) is 0 Å². The lowest BCUT2D eigenvalue weighted by atomic mass is 9.88. The zero-order valence-electron chi connectivity index (χ0n) is 19.2. The number of carbonyl (C=O) groups excluding carboxylic acids is 1. The maximum Gasteiger partial charge on any atom is 0.231 e. The molecule has 1 aromatic heterocycles. The maximum atomic E-state index is 13.8. The molecule has 1 amide bonds. The summed E-state index contributed by atoms with van der Waals surface area (Å²) in [7, 11) is 0. The number of benzene rings is 1. The molecule has 5 atom stereocenters. The molecule has 33 heavy (non-hydrogen) atoms. The second-order valence-electron chi connectivity index (χ2n) is 9.71. The third kappa shape index (κ3) is 4.22. The van der Waals surface area contributed by atoms with Crippen molar-refractivity contribution >= 4 is 23.3 Å². The molecule has 0 radical (unpaired) electrons. The van der Waals surface area contributed by atoms with E-state index in [-0.39, 0.29) is 29.8 Å². The molecule has 176 valence electrons. The van der Waals surface area contributed by atoms with E-state index in [0.717, 1.165) is 42.0 Å². The summed E-state index contributed by atoms with van der Waals surface area (Å²) >= 11 is 6.11. The van der Waals surface area contributed by atoms with E-state index in [2.05, 4.69) is 34.0 Å². The number of aliphatic hydroxyl groups excluding tert-OH is 1. The highest BCUT2D eigenvalue weighted by atomic mass is 35.5. The quantitative estimate of drug-likeness (QED) is 0.715. The van der Waals surface area contributed by atoms with Crippen LogP contribution in [0.1, 0.15) is 67.9 Å². The van der Waals surface area contributed by atoms with Gasteiger partial charge in [-0.1, -0.05) is 30.7 Å². The fourth-order valence-corrected chi connectivity index (χ4v) is 5.94. The van der Waals surface area contributed by atoms with Crippen molar-refractivity contribution in [2.24, 2.45) is 0 Å². The Morgan fingerprint density at radius 1 is 1.21 bits per heavy atom. The lowest BCUT2D eigenvalue weighted by Gasteiger charge is -2.43. The Kier molecular flexibility index (Phi) is 6.29. The number of amides is 1. The number of hydrogen-bond donors (Lipinski definition) is 2. The highest BCUT2D eigenvalue weighted by Gasteiger charge is 2.39. The number of fused-ring (bicyclic) bond motifs is 1. The normalized spacial score (nSPS) is 28.1. The molecule has 1 aromatic carbocycles. The number of aromatic nitrogens is 2. The summed E-state index contributed by atoms with van der Waals surface area (Å²) in [6.45, 7) is 7.23. The van der Waals surface area contributed by atoms with Crippen LogP contribution in [-0.2, 0) is 4.79 Å². The van der Waals surface area contributed by atoms with Crippen LogP contribution in [0.2, 0.25) is 5.02 Å². The van der Waals surface area contributed by atoms with Crippen LogP contribution in [0.4, 0.5) is 5.82 Å². The van der Waals surface area contributed by atoms with Crippen LogP contribution >= 0.6 is 11.6 Å². The largest absolute Gasteiger partial charge is 0.387 e. The molecule has 0 spiro atoms. The maximum absolute atomic E-state index is 13.8. The van der Waals surface area contributed by atoms with Gasteiger partial charge in [-0.05, 0) is 56.3 Å².